The molecule has 5 rings (SSSR count). The predicted octanol–water partition coefficient (Wildman–Crippen LogP) is 4.97. The lowest BCUT2D eigenvalue weighted by atomic mass is 10.00. The molecule has 1 atom stereocenters. The summed E-state index contributed by atoms with van der Waals surface area (Å²) in [4.78, 5) is 17.9. The van der Waals surface area contributed by atoms with Crippen molar-refractivity contribution in [1.29, 1.82) is 5.26 Å². The van der Waals surface area contributed by atoms with Gasteiger partial charge in [0.2, 0.25) is 5.95 Å². The first-order valence-corrected chi connectivity index (χ1v) is 11.9. The highest BCUT2D eigenvalue weighted by atomic mass is 15.1. The minimum atomic E-state index is -0.283. The van der Waals surface area contributed by atoms with E-state index in [2.05, 4.69) is 49.9 Å². The highest BCUT2D eigenvalue weighted by molar-refractivity contribution is 5.84. The van der Waals surface area contributed by atoms with Gasteiger partial charge in [-0.1, -0.05) is 30.3 Å². The molecule has 5 aromatic rings. The minimum Gasteiger partial charge on any atom is -0.368 e. The van der Waals surface area contributed by atoms with Gasteiger partial charge < -0.3 is 20.9 Å². The van der Waals surface area contributed by atoms with E-state index < -0.39 is 0 Å². The normalized spacial score (nSPS) is 11.7. The maximum Gasteiger partial charge on any atom is 0.222 e. The summed E-state index contributed by atoms with van der Waals surface area (Å²) in [6.07, 6.45) is 3.78. The average Bonchev–Trinajstić information content (AvgIpc) is 3.27. The number of anilines is 3. The molecule has 0 bridgehead atoms. The van der Waals surface area contributed by atoms with Crippen molar-refractivity contribution in [3.05, 3.63) is 89.5 Å². The Bertz CT molecular complexity index is 1620. The molecule has 0 saturated heterocycles. The number of fused-ring (bicyclic) bond motifs is 1. The predicted molar refractivity (Wildman–Crippen MR) is 146 cm³/mol. The van der Waals surface area contributed by atoms with Crippen molar-refractivity contribution in [3.63, 3.8) is 0 Å². The molecule has 4 heterocycles. The monoisotopic (exact) mass is 489 g/mol. The SMILES string of the molecule is Cc1nc(N)nc(NC(C)c2nc3ccn(C)c3cc2-c2ccnc(NCc3ccccc3)c2)c1C#N. The maximum absolute atomic E-state index is 9.67. The molecule has 0 fully saturated rings. The zero-order valence-corrected chi connectivity index (χ0v) is 20.9. The topological polar surface area (TPSA) is 130 Å². The molecule has 4 N–H and O–H groups in total. The van der Waals surface area contributed by atoms with Crippen LogP contribution >= 0.6 is 0 Å². The number of nitrogens with zero attached hydrogens (tertiary/aromatic N) is 6. The number of nitrogens with one attached hydrogen (secondary N) is 2. The van der Waals surface area contributed by atoms with Gasteiger partial charge in [-0.15, -0.1) is 0 Å². The molecular formula is C28H27N9. The van der Waals surface area contributed by atoms with E-state index in [1.807, 2.05) is 61.1 Å². The largest absolute Gasteiger partial charge is 0.368 e. The average molecular weight is 490 g/mol. The van der Waals surface area contributed by atoms with Gasteiger partial charge in [-0.25, -0.2) is 15.0 Å². The first-order valence-electron chi connectivity index (χ1n) is 11.9. The van der Waals surface area contributed by atoms with Gasteiger partial charge in [0, 0.05) is 31.5 Å². The second kappa shape index (κ2) is 9.95. The molecule has 9 heteroatoms. The van der Waals surface area contributed by atoms with Gasteiger partial charge in [-0.3, -0.25) is 0 Å². The first-order chi connectivity index (χ1) is 17.9. The Morgan fingerprint density at radius 2 is 1.89 bits per heavy atom. The van der Waals surface area contributed by atoms with Crippen molar-refractivity contribution in [2.75, 3.05) is 16.4 Å². The van der Waals surface area contributed by atoms with Crippen LogP contribution < -0.4 is 16.4 Å². The first kappa shape index (κ1) is 23.8. The van der Waals surface area contributed by atoms with Crippen LogP contribution in [0.3, 0.4) is 0 Å². The van der Waals surface area contributed by atoms with Crippen molar-refractivity contribution in [2.45, 2.75) is 26.4 Å². The molecule has 1 aromatic carbocycles. The van der Waals surface area contributed by atoms with Crippen LogP contribution in [-0.4, -0.2) is 24.5 Å². The number of pyridine rings is 2. The third-order valence-corrected chi connectivity index (χ3v) is 6.27. The number of nitrogens with two attached hydrogens (primary N) is 1. The number of nitriles is 1. The molecule has 37 heavy (non-hydrogen) atoms. The van der Waals surface area contributed by atoms with Crippen LogP contribution in [0.4, 0.5) is 17.6 Å². The second-order valence-corrected chi connectivity index (χ2v) is 8.89. The van der Waals surface area contributed by atoms with Crippen LogP contribution in [0.25, 0.3) is 22.2 Å². The molecule has 1 unspecified atom stereocenters. The molecule has 0 spiro atoms. The van der Waals surface area contributed by atoms with Crippen molar-refractivity contribution in [2.24, 2.45) is 7.05 Å². The van der Waals surface area contributed by atoms with Crippen molar-refractivity contribution < 1.29 is 0 Å². The molecule has 4 aromatic heterocycles. The van der Waals surface area contributed by atoms with Gasteiger partial charge in [0.05, 0.1) is 28.5 Å². The summed E-state index contributed by atoms with van der Waals surface area (Å²) >= 11 is 0. The summed E-state index contributed by atoms with van der Waals surface area (Å²) in [5.41, 5.74) is 12.6. The fraction of sp³-hybridized carbons (Fsp3) is 0.179. The summed E-state index contributed by atoms with van der Waals surface area (Å²) in [6.45, 7) is 4.40. The van der Waals surface area contributed by atoms with Crippen LogP contribution in [0.5, 0.6) is 0 Å². The maximum atomic E-state index is 9.67. The fourth-order valence-corrected chi connectivity index (χ4v) is 4.35. The summed E-state index contributed by atoms with van der Waals surface area (Å²) in [5, 5.41) is 16.4. The van der Waals surface area contributed by atoms with E-state index >= 15 is 0 Å². The second-order valence-electron chi connectivity index (χ2n) is 8.89. The number of benzene rings is 1. The number of rotatable bonds is 7. The summed E-state index contributed by atoms with van der Waals surface area (Å²) in [7, 11) is 2.00. The van der Waals surface area contributed by atoms with Crippen molar-refractivity contribution >= 4 is 28.6 Å². The Hall–Kier alpha value is -4.97. The highest BCUT2D eigenvalue weighted by Gasteiger charge is 2.20. The molecule has 0 aliphatic carbocycles. The summed E-state index contributed by atoms with van der Waals surface area (Å²) in [6, 6.07) is 20.2. The van der Waals surface area contributed by atoms with E-state index in [1.54, 1.807) is 13.1 Å². The van der Waals surface area contributed by atoms with Gasteiger partial charge in [0.1, 0.15) is 23.3 Å². The molecule has 0 aliphatic rings. The van der Waals surface area contributed by atoms with Gasteiger partial charge in [-0.05, 0) is 49.2 Å². The van der Waals surface area contributed by atoms with Gasteiger partial charge in [0.15, 0.2) is 0 Å². The molecule has 0 radical (unpaired) electrons. The van der Waals surface area contributed by atoms with Crippen LogP contribution in [-0.2, 0) is 13.6 Å². The lowest BCUT2D eigenvalue weighted by Crippen LogP contribution is -2.14. The fourth-order valence-electron chi connectivity index (χ4n) is 4.35. The Labute approximate surface area is 215 Å². The Kier molecular flexibility index (Phi) is 6.39. The van der Waals surface area contributed by atoms with Gasteiger partial charge in [0.25, 0.3) is 0 Å². The molecular weight excluding hydrogens is 462 g/mol. The van der Waals surface area contributed by atoms with Crippen molar-refractivity contribution in [3.8, 4) is 17.2 Å². The third-order valence-electron chi connectivity index (χ3n) is 6.27. The highest BCUT2D eigenvalue weighted by Crippen LogP contribution is 2.33. The molecule has 9 nitrogen and oxygen atoms in total. The number of nitrogen functional groups attached to an aromatic ring is 1. The molecule has 0 saturated carbocycles. The lowest BCUT2D eigenvalue weighted by Gasteiger charge is -2.20. The van der Waals surface area contributed by atoms with E-state index in [0.717, 1.165) is 33.7 Å². The summed E-state index contributed by atoms with van der Waals surface area (Å²) < 4.78 is 2.05. The van der Waals surface area contributed by atoms with E-state index in [-0.39, 0.29) is 12.0 Å². The molecule has 184 valence electrons. The van der Waals surface area contributed by atoms with Crippen LogP contribution in [0.2, 0.25) is 0 Å². The smallest absolute Gasteiger partial charge is 0.222 e. The molecule has 0 amide bonds. The van der Waals surface area contributed by atoms with Gasteiger partial charge >= 0.3 is 0 Å². The zero-order chi connectivity index (χ0) is 25.9. The Morgan fingerprint density at radius 1 is 1.08 bits per heavy atom. The van der Waals surface area contributed by atoms with Crippen molar-refractivity contribution in [1.82, 2.24) is 24.5 Å². The Balaban J connectivity index is 1.54. The lowest BCUT2D eigenvalue weighted by molar-refractivity contribution is 0.837. The van der Waals surface area contributed by atoms with E-state index in [1.165, 1.54) is 5.56 Å². The standard InChI is InChI=1S/C28H27N9/c1-17-22(15-29)27(36-28(30)34-17)33-18(2)26-21(14-24-23(35-26)10-12-37(24)3)20-9-11-31-25(13-20)32-16-19-7-5-4-6-8-19/h4-14,18H,16H2,1-3H3,(H,31,32)(H3,30,33,34,36). The quantitative estimate of drug-likeness (QED) is 0.292. The number of hydrogen-bond acceptors (Lipinski definition) is 8. The van der Waals surface area contributed by atoms with Crippen LogP contribution in [0.15, 0.2) is 67.0 Å². The van der Waals surface area contributed by atoms with Crippen LogP contribution in [0, 0.1) is 18.3 Å². The number of aromatic nitrogens is 5. The molecule has 0 aliphatic heterocycles. The number of hydrogen-bond donors (Lipinski definition) is 3. The van der Waals surface area contributed by atoms with Gasteiger partial charge in [-0.2, -0.15) is 10.2 Å². The van der Waals surface area contributed by atoms with Crippen LogP contribution in [0.1, 0.15) is 35.5 Å². The van der Waals surface area contributed by atoms with E-state index in [0.29, 0.717) is 23.6 Å². The summed E-state index contributed by atoms with van der Waals surface area (Å²) in [5.74, 6) is 1.27. The minimum absolute atomic E-state index is 0.112. The third kappa shape index (κ3) is 4.90. The number of aryl methyl sites for hydroxylation is 2. The Morgan fingerprint density at radius 3 is 2.68 bits per heavy atom. The zero-order valence-electron chi connectivity index (χ0n) is 20.9. The van der Waals surface area contributed by atoms with E-state index in [9.17, 15) is 5.26 Å². The van der Waals surface area contributed by atoms with E-state index in [4.69, 9.17) is 10.7 Å².